The van der Waals surface area contributed by atoms with Crippen molar-refractivity contribution in [2.24, 2.45) is 0 Å². The fraction of sp³-hybridized carbons (Fsp3) is 0.550. The van der Waals surface area contributed by atoms with Crippen LogP contribution >= 0.6 is 0 Å². The minimum absolute atomic E-state index is 0.321. The number of amides is 1. The van der Waals surface area contributed by atoms with Gasteiger partial charge in [-0.05, 0) is 77.6 Å². The lowest BCUT2D eigenvalue weighted by atomic mass is 10.2. The van der Waals surface area contributed by atoms with Crippen molar-refractivity contribution in [2.45, 2.75) is 71.1 Å². The molecular formula is C20H27N3O4. The minimum atomic E-state index is -0.563. The number of benzene rings is 1. The number of carbonyl (C=O) groups excluding carboxylic acids is 1. The van der Waals surface area contributed by atoms with E-state index in [-0.39, 0.29) is 0 Å². The van der Waals surface area contributed by atoms with Gasteiger partial charge in [-0.25, -0.2) is 4.79 Å². The minimum Gasteiger partial charge on any atom is -0.490 e. The Bertz CT molecular complexity index is 758. The molecule has 0 saturated heterocycles. The smallest absolute Gasteiger partial charge is 0.408 e. The van der Waals surface area contributed by atoms with E-state index in [1.807, 2.05) is 45.0 Å². The van der Waals surface area contributed by atoms with Crippen LogP contribution in [0, 0.1) is 0 Å². The van der Waals surface area contributed by atoms with E-state index < -0.39 is 17.7 Å². The van der Waals surface area contributed by atoms with Crippen molar-refractivity contribution in [3.05, 3.63) is 30.2 Å². The molecule has 1 aromatic heterocycles. The first-order valence-corrected chi connectivity index (χ1v) is 9.40. The van der Waals surface area contributed by atoms with Crippen LogP contribution in [-0.4, -0.2) is 27.9 Å². The van der Waals surface area contributed by atoms with E-state index in [0.717, 1.165) is 24.2 Å². The summed E-state index contributed by atoms with van der Waals surface area (Å²) < 4.78 is 16.5. The Labute approximate surface area is 159 Å². The number of aromatic nitrogens is 2. The summed E-state index contributed by atoms with van der Waals surface area (Å²) in [5.41, 5.74) is 0.264. The van der Waals surface area contributed by atoms with Gasteiger partial charge < -0.3 is 19.3 Å². The quantitative estimate of drug-likeness (QED) is 0.821. The van der Waals surface area contributed by atoms with Crippen molar-refractivity contribution >= 4 is 6.09 Å². The van der Waals surface area contributed by atoms with Crippen LogP contribution in [0.2, 0.25) is 0 Å². The Balaban J connectivity index is 1.60. The highest BCUT2D eigenvalue weighted by atomic mass is 16.6. The standard InChI is InChI=1S/C20H27N3O4/c1-13(21-19(24)26-20(2,3)4)18-22-17(23-27-18)14-9-11-16(12-10-14)25-15-7-5-6-8-15/h9-13,15H,5-8H2,1-4H3,(H,21,24)/t13-/m1/s1. The monoisotopic (exact) mass is 373 g/mol. The van der Waals surface area contributed by atoms with Gasteiger partial charge >= 0.3 is 6.09 Å². The normalized spacial score (nSPS) is 16.1. The lowest BCUT2D eigenvalue weighted by Gasteiger charge is -2.20. The van der Waals surface area contributed by atoms with Crippen molar-refractivity contribution in [2.75, 3.05) is 0 Å². The van der Waals surface area contributed by atoms with E-state index in [1.54, 1.807) is 6.92 Å². The van der Waals surface area contributed by atoms with Crippen LogP contribution in [0.1, 0.15) is 65.3 Å². The summed E-state index contributed by atoms with van der Waals surface area (Å²) >= 11 is 0. The van der Waals surface area contributed by atoms with Crippen LogP contribution in [0.3, 0.4) is 0 Å². The molecule has 1 aromatic carbocycles. The Kier molecular flexibility index (Phi) is 5.68. The zero-order valence-corrected chi connectivity index (χ0v) is 16.3. The SMILES string of the molecule is C[C@@H](NC(=O)OC(C)(C)C)c1nc(-c2ccc(OC3CCCC3)cc2)no1. The zero-order chi connectivity index (χ0) is 19.4. The van der Waals surface area contributed by atoms with Crippen LogP contribution in [0.5, 0.6) is 5.75 Å². The topological polar surface area (TPSA) is 86.5 Å². The number of alkyl carbamates (subject to hydrolysis) is 1. The molecule has 0 unspecified atom stereocenters. The predicted molar refractivity (Wildman–Crippen MR) is 100 cm³/mol. The highest BCUT2D eigenvalue weighted by Gasteiger charge is 2.22. The maximum Gasteiger partial charge on any atom is 0.408 e. The molecule has 27 heavy (non-hydrogen) atoms. The maximum atomic E-state index is 11.9. The molecule has 1 fully saturated rings. The number of hydrogen-bond acceptors (Lipinski definition) is 6. The number of hydrogen-bond donors (Lipinski definition) is 1. The third-order valence-corrected chi connectivity index (χ3v) is 4.26. The molecule has 0 aliphatic heterocycles. The number of carbonyl (C=O) groups is 1. The first kappa shape index (κ1) is 19.2. The second kappa shape index (κ2) is 7.98. The van der Waals surface area contributed by atoms with E-state index in [1.165, 1.54) is 12.8 Å². The lowest BCUT2D eigenvalue weighted by molar-refractivity contribution is 0.0499. The van der Waals surface area contributed by atoms with E-state index in [4.69, 9.17) is 14.0 Å². The van der Waals surface area contributed by atoms with Crippen molar-refractivity contribution in [1.29, 1.82) is 0 Å². The van der Waals surface area contributed by atoms with Gasteiger partial charge in [0.25, 0.3) is 0 Å². The second-order valence-corrected chi connectivity index (χ2v) is 7.87. The molecule has 2 aromatic rings. The van der Waals surface area contributed by atoms with Crippen LogP contribution in [0.25, 0.3) is 11.4 Å². The first-order chi connectivity index (χ1) is 12.8. The molecule has 1 atom stereocenters. The number of ether oxygens (including phenoxy) is 2. The average Bonchev–Trinajstić information content (AvgIpc) is 3.25. The third kappa shape index (κ3) is 5.45. The molecule has 1 heterocycles. The summed E-state index contributed by atoms with van der Waals surface area (Å²) in [4.78, 5) is 16.2. The Hall–Kier alpha value is -2.57. The second-order valence-electron chi connectivity index (χ2n) is 7.87. The number of rotatable bonds is 5. The molecule has 1 amide bonds. The van der Waals surface area contributed by atoms with Crippen molar-refractivity contribution in [3.63, 3.8) is 0 Å². The fourth-order valence-electron chi connectivity index (χ4n) is 2.96. The van der Waals surface area contributed by atoms with Gasteiger partial charge in [-0.2, -0.15) is 4.98 Å². The van der Waals surface area contributed by atoms with Gasteiger partial charge in [-0.3, -0.25) is 0 Å². The van der Waals surface area contributed by atoms with Gasteiger partial charge in [0.15, 0.2) is 0 Å². The maximum absolute atomic E-state index is 11.9. The van der Waals surface area contributed by atoms with E-state index in [0.29, 0.717) is 17.8 Å². The largest absolute Gasteiger partial charge is 0.490 e. The average molecular weight is 373 g/mol. The van der Waals surface area contributed by atoms with Gasteiger partial charge in [0.2, 0.25) is 11.7 Å². The van der Waals surface area contributed by atoms with E-state index in [2.05, 4.69) is 15.5 Å². The summed E-state index contributed by atoms with van der Waals surface area (Å²) in [6, 6.07) is 7.21. The molecule has 1 aliphatic carbocycles. The molecule has 1 N–H and O–H groups in total. The highest BCUT2D eigenvalue weighted by Crippen LogP contribution is 2.26. The molecule has 7 heteroatoms. The Morgan fingerprint density at radius 2 is 1.89 bits per heavy atom. The van der Waals surface area contributed by atoms with Gasteiger partial charge in [0.1, 0.15) is 17.4 Å². The number of nitrogens with one attached hydrogen (secondary N) is 1. The molecule has 3 rings (SSSR count). The first-order valence-electron chi connectivity index (χ1n) is 9.40. The van der Waals surface area contributed by atoms with Crippen LogP contribution in [0.15, 0.2) is 28.8 Å². The van der Waals surface area contributed by atoms with Crippen LogP contribution in [-0.2, 0) is 4.74 Å². The highest BCUT2D eigenvalue weighted by molar-refractivity contribution is 5.68. The molecule has 0 bridgehead atoms. The van der Waals surface area contributed by atoms with Crippen LogP contribution < -0.4 is 10.1 Å². The Morgan fingerprint density at radius 1 is 1.22 bits per heavy atom. The van der Waals surface area contributed by atoms with Crippen molar-refractivity contribution < 1.29 is 18.8 Å². The van der Waals surface area contributed by atoms with Crippen molar-refractivity contribution in [3.8, 4) is 17.1 Å². The molecule has 146 valence electrons. The van der Waals surface area contributed by atoms with Gasteiger partial charge in [0, 0.05) is 5.56 Å². The molecule has 7 nitrogen and oxygen atoms in total. The molecule has 0 spiro atoms. The van der Waals surface area contributed by atoms with E-state index >= 15 is 0 Å². The summed E-state index contributed by atoms with van der Waals surface area (Å²) in [7, 11) is 0. The summed E-state index contributed by atoms with van der Waals surface area (Å²) in [6.45, 7) is 7.19. The molecular weight excluding hydrogens is 346 g/mol. The fourth-order valence-corrected chi connectivity index (χ4v) is 2.96. The van der Waals surface area contributed by atoms with E-state index in [9.17, 15) is 4.79 Å². The van der Waals surface area contributed by atoms with Gasteiger partial charge in [0.05, 0.1) is 6.10 Å². The van der Waals surface area contributed by atoms with Gasteiger partial charge in [-0.15, -0.1) is 0 Å². The third-order valence-electron chi connectivity index (χ3n) is 4.26. The number of nitrogens with zero attached hydrogens (tertiary/aromatic N) is 2. The predicted octanol–water partition coefficient (Wildman–Crippen LogP) is 4.64. The van der Waals surface area contributed by atoms with Gasteiger partial charge in [-0.1, -0.05) is 5.16 Å². The Morgan fingerprint density at radius 3 is 2.52 bits per heavy atom. The lowest BCUT2D eigenvalue weighted by Crippen LogP contribution is -2.34. The van der Waals surface area contributed by atoms with Crippen LogP contribution in [0.4, 0.5) is 4.79 Å². The molecule has 1 saturated carbocycles. The summed E-state index contributed by atoms with van der Waals surface area (Å²) in [6.07, 6.45) is 4.53. The molecule has 0 radical (unpaired) electrons. The summed E-state index contributed by atoms with van der Waals surface area (Å²) in [5.74, 6) is 1.65. The zero-order valence-electron chi connectivity index (χ0n) is 16.3. The summed E-state index contributed by atoms with van der Waals surface area (Å²) in [5, 5.41) is 6.69. The molecule has 1 aliphatic rings. The van der Waals surface area contributed by atoms with Crippen molar-refractivity contribution in [1.82, 2.24) is 15.5 Å².